The summed E-state index contributed by atoms with van der Waals surface area (Å²) < 4.78 is 12.4. The molecule has 0 aliphatic heterocycles. The highest BCUT2D eigenvalue weighted by molar-refractivity contribution is 8.13. The van der Waals surface area contributed by atoms with Gasteiger partial charge in [-0.2, -0.15) is 4.98 Å². The molecule has 0 fully saturated rings. The van der Waals surface area contributed by atoms with E-state index >= 15 is 0 Å². The standard InChI is InChI=1S/C5H7ClN2OS/c1-4-7-5(10(6)9)3-8(4)2/h3H,1-2H3. The average Bonchev–Trinajstić information content (AvgIpc) is 2.13. The van der Waals surface area contributed by atoms with Gasteiger partial charge in [-0.1, -0.05) is 0 Å². The molecule has 10 heavy (non-hydrogen) atoms. The molecule has 5 heteroatoms. The molecule has 1 aromatic rings. The van der Waals surface area contributed by atoms with Gasteiger partial charge < -0.3 is 9.12 Å². The summed E-state index contributed by atoms with van der Waals surface area (Å²) in [6.07, 6.45) is 1.65. The number of aryl methyl sites for hydroxylation is 2. The van der Waals surface area contributed by atoms with Crippen molar-refractivity contribution in [3.05, 3.63) is 12.0 Å². The Morgan fingerprint density at radius 3 is 2.60 bits per heavy atom. The van der Waals surface area contributed by atoms with Crippen molar-refractivity contribution in [1.29, 1.82) is 0 Å². The molecule has 0 saturated carbocycles. The summed E-state index contributed by atoms with van der Waals surface area (Å²) >= 11 is 0. The number of halogens is 1. The van der Waals surface area contributed by atoms with Gasteiger partial charge in [0.05, 0.1) is 6.20 Å². The predicted molar refractivity (Wildman–Crippen MR) is 40.2 cm³/mol. The maximum Gasteiger partial charge on any atom is 0.282 e. The fourth-order valence-corrected chi connectivity index (χ4v) is 1.27. The van der Waals surface area contributed by atoms with Crippen LogP contribution in [-0.4, -0.2) is 14.1 Å². The normalized spacial score (nSPS) is 13.6. The van der Waals surface area contributed by atoms with Crippen LogP contribution in [0.1, 0.15) is 5.82 Å². The zero-order valence-corrected chi connectivity index (χ0v) is 7.24. The van der Waals surface area contributed by atoms with E-state index in [2.05, 4.69) is 4.98 Å². The number of nitrogens with zero attached hydrogens (tertiary/aromatic N) is 2. The van der Waals surface area contributed by atoms with Crippen molar-refractivity contribution >= 4 is 21.1 Å². The number of hydrogen-bond donors (Lipinski definition) is 0. The SMILES string of the molecule is Cc1nc([S+]([O-])Cl)cn1C. The van der Waals surface area contributed by atoms with Gasteiger partial charge in [0.1, 0.15) is 16.2 Å². The van der Waals surface area contributed by atoms with E-state index in [1.165, 1.54) is 0 Å². The molecular weight excluding hydrogens is 172 g/mol. The predicted octanol–water partition coefficient (Wildman–Crippen LogP) is 0.990. The summed E-state index contributed by atoms with van der Waals surface area (Å²) in [6, 6.07) is 0. The molecule has 0 spiro atoms. The lowest BCUT2D eigenvalue weighted by Gasteiger charge is -1.90. The minimum absolute atomic E-state index is 0.418. The van der Waals surface area contributed by atoms with E-state index < -0.39 is 10.4 Å². The highest BCUT2D eigenvalue weighted by Crippen LogP contribution is 2.12. The van der Waals surface area contributed by atoms with Crippen LogP contribution in [0, 0.1) is 6.92 Å². The van der Waals surface area contributed by atoms with Gasteiger partial charge in [0.2, 0.25) is 0 Å². The van der Waals surface area contributed by atoms with Crippen molar-refractivity contribution in [1.82, 2.24) is 9.55 Å². The molecule has 1 rings (SSSR count). The molecule has 0 saturated heterocycles. The molecule has 0 aliphatic rings. The second-order valence-corrected chi connectivity index (χ2v) is 3.67. The van der Waals surface area contributed by atoms with E-state index in [1.807, 2.05) is 14.0 Å². The van der Waals surface area contributed by atoms with E-state index in [1.54, 1.807) is 10.8 Å². The molecule has 0 bridgehead atoms. The van der Waals surface area contributed by atoms with Crippen LogP contribution >= 0.6 is 10.7 Å². The van der Waals surface area contributed by atoms with E-state index in [9.17, 15) is 4.55 Å². The van der Waals surface area contributed by atoms with Crippen LogP contribution in [0.3, 0.4) is 0 Å². The first kappa shape index (κ1) is 7.91. The first-order valence-corrected chi connectivity index (χ1v) is 4.67. The molecule has 1 heterocycles. The summed E-state index contributed by atoms with van der Waals surface area (Å²) in [5.41, 5.74) is 0. The number of aromatic nitrogens is 2. The zero-order valence-electron chi connectivity index (χ0n) is 5.67. The van der Waals surface area contributed by atoms with Gasteiger partial charge in [0, 0.05) is 7.05 Å². The fourth-order valence-electron chi connectivity index (χ4n) is 0.604. The van der Waals surface area contributed by atoms with Crippen molar-refractivity contribution in [2.45, 2.75) is 11.9 Å². The van der Waals surface area contributed by atoms with E-state index in [0.29, 0.717) is 5.03 Å². The van der Waals surface area contributed by atoms with Gasteiger partial charge in [0.25, 0.3) is 5.03 Å². The lowest BCUT2D eigenvalue weighted by molar-refractivity contribution is 0.605. The summed E-state index contributed by atoms with van der Waals surface area (Å²) in [7, 11) is 5.64. The van der Waals surface area contributed by atoms with Crippen molar-refractivity contribution in [3.63, 3.8) is 0 Å². The molecule has 0 N–H and O–H groups in total. The van der Waals surface area contributed by atoms with Crippen LogP contribution < -0.4 is 0 Å². The van der Waals surface area contributed by atoms with E-state index in [0.717, 1.165) is 5.82 Å². The zero-order chi connectivity index (χ0) is 7.72. The summed E-state index contributed by atoms with van der Waals surface area (Å²) in [5.74, 6) is 0.809. The Morgan fingerprint density at radius 1 is 1.80 bits per heavy atom. The lowest BCUT2D eigenvalue weighted by atomic mass is 10.7. The van der Waals surface area contributed by atoms with Crippen molar-refractivity contribution in [3.8, 4) is 0 Å². The van der Waals surface area contributed by atoms with Crippen molar-refractivity contribution in [2.75, 3.05) is 0 Å². The van der Waals surface area contributed by atoms with Gasteiger partial charge >= 0.3 is 0 Å². The Kier molecular flexibility index (Phi) is 2.23. The van der Waals surface area contributed by atoms with Gasteiger partial charge in [-0.15, -0.1) is 0 Å². The summed E-state index contributed by atoms with van der Waals surface area (Å²) in [4.78, 5) is 3.94. The maximum atomic E-state index is 10.6. The summed E-state index contributed by atoms with van der Waals surface area (Å²) in [5, 5.41) is 0.418. The van der Waals surface area contributed by atoms with Crippen LogP contribution in [-0.2, 0) is 17.4 Å². The van der Waals surface area contributed by atoms with Crippen LogP contribution in [0.2, 0.25) is 0 Å². The molecule has 0 radical (unpaired) electrons. The van der Waals surface area contributed by atoms with Gasteiger partial charge in [-0.05, 0) is 6.92 Å². The Hall–Kier alpha value is -0.190. The highest BCUT2D eigenvalue weighted by atomic mass is 35.7. The number of hydrogen-bond acceptors (Lipinski definition) is 2. The van der Waals surface area contributed by atoms with Gasteiger partial charge in [-0.3, -0.25) is 0 Å². The average molecular weight is 179 g/mol. The summed E-state index contributed by atoms with van der Waals surface area (Å²) in [6.45, 7) is 1.83. The topological polar surface area (TPSA) is 40.9 Å². The maximum absolute atomic E-state index is 10.6. The minimum Gasteiger partial charge on any atom is -0.593 e. The van der Waals surface area contributed by atoms with Crippen molar-refractivity contribution < 1.29 is 4.55 Å². The third-order valence-corrected chi connectivity index (χ3v) is 2.25. The fraction of sp³-hybridized carbons (Fsp3) is 0.400. The van der Waals surface area contributed by atoms with Crippen LogP contribution in [0.4, 0.5) is 0 Å². The molecule has 0 amide bonds. The number of imidazole rings is 1. The molecule has 0 aromatic carbocycles. The van der Waals surface area contributed by atoms with Crippen LogP contribution in [0.15, 0.2) is 11.2 Å². The quantitative estimate of drug-likeness (QED) is 0.602. The Morgan fingerprint density at radius 2 is 2.40 bits per heavy atom. The third kappa shape index (κ3) is 1.45. The van der Waals surface area contributed by atoms with Gasteiger partial charge in [-0.25, -0.2) is 0 Å². The van der Waals surface area contributed by atoms with E-state index in [4.69, 9.17) is 10.7 Å². The minimum atomic E-state index is -1.48. The van der Waals surface area contributed by atoms with Gasteiger partial charge in [0.15, 0.2) is 10.7 Å². The molecule has 1 atom stereocenters. The molecular formula is C5H7ClN2OS. The molecule has 56 valence electrons. The second-order valence-electron chi connectivity index (χ2n) is 1.96. The molecule has 3 nitrogen and oxygen atoms in total. The Bertz CT molecular complexity index is 216. The first-order valence-electron chi connectivity index (χ1n) is 2.69. The first-order chi connectivity index (χ1) is 4.61. The van der Waals surface area contributed by atoms with Crippen molar-refractivity contribution in [2.24, 2.45) is 7.05 Å². The lowest BCUT2D eigenvalue weighted by Crippen LogP contribution is -1.89. The molecule has 1 unspecified atom stereocenters. The number of rotatable bonds is 1. The van der Waals surface area contributed by atoms with Crippen LogP contribution in [0.25, 0.3) is 0 Å². The second kappa shape index (κ2) is 2.82. The molecule has 1 aromatic heterocycles. The monoisotopic (exact) mass is 178 g/mol. The highest BCUT2D eigenvalue weighted by Gasteiger charge is 2.12. The smallest absolute Gasteiger partial charge is 0.282 e. The molecule has 0 aliphatic carbocycles. The largest absolute Gasteiger partial charge is 0.593 e. The van der Waals surface area contributed by atoms with Crippen LogP contribution in [0.5, 0.6) is 0 Å². The van der Waals surface area contributed by atoms with E-state index in [-0.39, 0.29) is 0 Å². The Labute approximate surface area is 66.7 Å². The Balaban J connectivity index is 2.98. The third-order valence-electron chi connectivity index (χ3n) is 1.25.